The SMILES string of the molecule is CCOc1ccccc1N(CC(=O)Nc1c(C)cc(C)cc1C)S(=O)(=O)c1ccc(C)cc1. The first-order chi connectivity index (χ1) is 15.6. The highest BCUT2D eigenvalue weighted by Gasteiger charge is 2.29. The summed E-state index contributed by atoms with van der Waals surface area (Å²) in [6.45, 7) is 9.51. The van der Waals surface area contributed by atoms with Gasteiger partial charge in [0.25, 0.3) is 10.0 Å². The summed E-state index contributed by atoms with van der Waals surface area (Å²) in [6.07, 6.45) is 0. The predicted octanol–water partition coefficient (Wildman–Crippen LogP) is 5.15. The number of benzene rings is 3. The number of aryl methyl sites for hydroxylation is 4. The zero-order chi connectivity index (χ0) is 24.2. The summed E-state index contributed by atoms with van der Waals surface area (Å²) < 4.78 is 34.1. The molecule has 1 amide bonds. The van der Waals surface area contributed by atoms with Gasteiger partial charge in [-0.05, 0) is 70.0 Å². The summed E-state index contributed by atoms with van der Waals surface area (Å²) >= 11 is 0. The molecule has 1 N–H and O–H groups in total. The fourth-order valence-electron chi connectivity index (χ4n) is 3.76. The maximum atomic E-state index is 13.7. The molecule has 0 aromatic heterocycles. The van der Waals surface area contributed by atoms with Crippen molar-refractivity contribution < 1.29 is 17.9 Å². The molecule has 0 atom stereocenters. The number of nitrogens with zero attached hydrogens (tertiary/aromatic N) is 1. The Bertz CT molecular complexity index is 1230. The van der Waals surface area contributed by atoms with Gasteiger partial charge in [0, 0.05) is 5.69 Å². The van der Waals surface area contributed by atoms with Gasteiger partial charge in [-0.2, -0.15) is 0 Å². The van der Waals surface area contributed by atoms with Crippen molar-refractivity contribution in [1.82, 2.24) is 0 Å². The molecule has 6 nitrogen and oxygen atoms in total. The number of hydrogen-bond acceptors (Lipinski definition) is 4. The van der Waals surface area contributed by atoms with Crippen LogP contribution in [0.4, 0.5) is 11.4 Å². The minimum Gasteiger partial charge on any atom is -0.492 e. The van der Waals surface area contributed by atoms with Gasteiger partial charge < -0.3 is 10.1 Å². The molecule has 33 heavy (non-hydrogen) atoms. The van der Waals surface area contributed by atoms with Crippen molar-refractivity contribution in [3.05, 3.63) is 82.9 Å². The van der Waals surface area contributed by atoms with E-state index in [4.69, 9.17) is 4.74 Å². The molecule has 3 aromatic carbocycles. The van der Waals surface area contributed by atoms with E-state index in [2.05, 4.69) is 5.32 Å². The van der Waals surface area contributed by atoms with Crippen LogP contribution < -0.4 is 14.4 Å². The first-order valence-electron chi connectivity index (χ1n) is 10.8. The summed E-state index contributed by atoms with van der Waals surface area (Å²) in [5.74, 6) is -0.0433. The van der Waals surface area contributed by atoms with Crippen LogP contribution in [0.3, 0.4) is 0 Å². The first kappa shape index (κ1) is 24.3. The average Bonchev–Trinajstić information content (AvgIpc) is 2.75. The summed E-state index contributed by atoms with van der Waals surface area (Å²) in [7, 11) is -4.03. The van der Waals surface area contributed by atoms with Crippen LogP contribution >= 0.6 is 0 Å². The van der Waals surface area contributed by atoms with Gasteiger partial charge in [0.2, 0.25) is 5.91 Å². The molecule has 0 bridgehead atoms. The van der Waals surface area contributed by atoms with Crippen LogP contribution in [-0.4, -0.2) is 27.5 Å². The third-order valence-corrected chi connectivity index (χ3v) is 7.05. The Balaban J connectivity index is 2.03. The van der Waals surface area contributed by atoms with Gasteiger partial charge in [0.1, 0.15) is 12.3 Å². The Labute approximate surface area is 196 Å². The molecule has 0 unspecified atom stereocenters. The van der Waals surface area contributed by atoms with E-state index in [0.29, 0.717) is 23.7 Å². The molecule has 174 valence electrons. The van der Waals surface area contributed by atoms with Crippen LogP contribution in [0, 0.1) is 27.7 Å². The summed E-state index contributed by atoms with van der Waals surface area (Å²) in [5.41, 5.74) is 4.88. The molecule has 0 saturated heterocycles. The zero-order valence-corrected chi connectivity index (χ0v) is 20.5. The molecule has 0 heterocycles. The number of anilines is 2. The molecule has 0 spiro atoms. The number of ether oxygens (including phenoxy) is 1. The zero-order valence-electron chi connectivity index (χ0n) is 19.7. The highest BCUT2D eigenvalue weighted by molar-refractivity contribution is 7.92. The van der Waals surface area contributed by atoms with E-state index < -0.39 is 22.5 Å². The lowest BCUT2D eigenvalue weighted by Gasteiger charge is -2.26. The third kappa shape index (κ3) is 5.54. The minimum atomic E-state index is -4.03. The van der Waals surface area contributed by atoms with Crippen LogP contribution in [0.1, 0.15) is 29.2 Å². The van der Waals surface area contributed by atoms with Gasteiger partial charge >= 0.3 is 0 Å². The van der Waals surface area contributed by atoms with E-state index in [-0.39, 0.29) is 4.90 Å². The van der Waals surface area contributed by atoms with Crippen molar-refractivity contribution in [3.8, 4) is 5.75 Å². The highest BCUT2D eigenvalue weighted by atomic mass is 32.2. The molecule has 3 aromatic rings. The Morgan fingerprint density at radius 1 is 0.909 bits per heavy atom. The molecule has 0 radical (unpaired) electrons. The van der Waals surface area contributed by atoms with Gasteiger partial charge in [-0.15, -0.1) is 0 Å². The van der Waals surface area contributed by atoms with Crippen molar-refractivity contribution in [1.29, 1.82) is 0 Å². The molecular formula is C26H30N2O4S. The molecule has 0 fully saturated rings. The first-order valence-corrected chi connectivity index (χ1v) is 12.3. The quantitative estimate of drug-likeness (QED) is 0.498. The van der Waals surface area contributed by atoms with E-state index in [1.165, 1.54) is 0 Å². The number of nitrogens with one attached hydrogen (secondary N) is 1. The van der Waals surface area contributed by atoms with Gasteiger partial charge in [-0.3, -0.25) is 9.10 Å². The number of sulfonamides is 1. The fourth-order valence-corrected chi connectivity index (χ4v) is 5.20. The van der Waals surface area contributed by atoms with Crippen LogP contribution in [0.2, 0.25) is 0 Å². The molecule has 0 saturated carbocycles. The number of para-hydroxylation sites is 2. The molecule has 0 aliphatic rings. The number of carbonyl (C=O) groups is 1. The molecule has 3 rings (SSSR count). The van der Waals surface area contributed by atoms with Gasteiger partial charge in [-0.25, -0.2) is 8.42 Å². The molecular weight excluding hydrogens is 436 g/mol. The number of hydrogen-bond donors (Lipinski definition) is 1. The average molecular weight is 467 g/mol. The molecule has 0 aliphatic heterocycles. The standard InChI is InChI=1S/C26H30N2O4S/c1-6-32-24-10-8-7-9-23(24)28(33(30,31)22-13-11-18(2)12-14-22)17-25(29)27-26-20(4)15-19(3)16-21(26)5/h7-16H,6,17H2,1-5H3,(H,27,29). The van der Waals surface area contributed by atoms with Crippen molar-refractivity contribution in [2.45, 2.75) is 39.5 Å². The van der Waals surface area contributed by atoms with E-state index in [1.807, 2.05) is 46.8 Å². The van der Waals surface area contributed by atoms with Gasteiger partial charge in [0.15, 0.2) is 0 Å². The second-order valence-electron chi connectivity index (χ2n) is 8.05. The van der Waals surface area contributed by atoms with Gasteiger partial charge in [0.05, 0.1) is 17.2 Å². The summed E-state index contributed by atoms with van der Waals surface area (Å²) in [6, 6.07) is 17.4. The van der Waals surface area contributed by atoms with Crippen molar-refractivity contribution in [3.63, 3.8) is 0 Å². The maximum Gasteiger partial charge on any atom is 0.264 e. The van der Waals surface area contributed by atoms with Crippen molar-refractivity contribution in [2.24, 2.45) is 0 Å². The Hall–Kier alpha value is -3.32. The summed E-state index contributed by atoms with van der Waals surface area (Å²) in [5, 5.41) is 2.90. The Kier molecular flexibility index (Phi) is 7.43. The number of amides is 1. The maximum absolute atomic E-state index is 13.7. The van der Waals surface area contributed by atoms with Gasteiger partial charge in [-0.1, -0.05) is 47.5 Å². The lowest BCUT2D eigenvalue weighted by atomic mass is 10.1. The molecule has 7 heteroatoms. The fraction of sp³-hybridized carbons (Fsp3) is 0.269. The third-order valence-electron chi connectivity index (χ3n) is 5.27. The summed E-state index contributed by atoms with van der Waals surface area (Å²) in [4.78, 5) is 13.2. The van der Waals surface area contributed by atoms with Crippen LogP contribution in [-0.2, 0) is 14.8 Å². The number of carbonyl (C=O) groups excluding carboxylic acids is 1. The highest BCUT2D eigenvalue weighted by Crippen LogP contribution is 2.33. The molecule has 0 aliphatic carbocycles. The second-order valence-corrected chi connectivity index (χ2v) is 9.91. The van der Waals surface area contributed by atoms with Crippen LogP contribution in [0.25, 0.3) is 0 Å². The Morgan fingerprint density at radius 2 is 1.52 bits per heavy atom. The normalized spacial score (nSPS) is 11.2. The predicted molar refractivity (Wildman–Crippen MR) is 133 cm³/mol. The van der Waals surface area contributed by atoms with Crippen molar-refractivity contribution in [2.75, 3.05) is 22.8 Å². The topological polar surface area (TPSA) is 75.7 Å². The Morgan fingerprint density at radius 3 is 2.12 bits per heavy atom. The van der Waals surface area contributed by atoms with E-state index in [0.717, 1.165) is 26.6 Å². The smallest absolute Gasteiger partial charge is 0.264 e. The largest absolute Gasteiger partial charge is 0.492 e. The lowest BCUT2D eigenvalue weighted by Crippen LogP contribution is -2.38. The van der Waals surface area contributed by atoms with Crippen molar-refractivity contribution >= 4 is 27.3 Å². The number of rotatable bonds is 8. The van der Waals surface area contributed by atoms with E-state index >= 15 is 0 Å². The van der Waals surface area contributed by atoms with Crippen LogP contribution in [0.15, 0.2) is 65.6 Å². The minimum absolute atomic E-state index is 0.106. The van der Waals surface area contributed by atoms with Crippen LogP contribution in [0.5, 0.6) is 5.75 Å². The monoisotopic (exact) mass is 466 g/mol. The van der Waals surface area contributed by atoms with E-state index in [9.17, 15) is 13.2 Å². The van der Waals surface area contributed by atoms with E-state index in [1.54, 1.807) is 48.5 Å². The lowest BCUT2D eigenvalue weighted by molar-refractivity contribution is -0.114. The second kappa shape index (κ2) is 10.1.